The molecule has 0 saturated carbocycles. The zero-order valence-electron chi connectivity index (χ0n) is 9.78. The third-order valence-corrected chi connectivity index (χ3v) is 2.55. The first-order valence-electron chi connectivity index (χ1n) is 5.15. The first-order valence-corrected chi connectivity index (χ1v) is 5.15. The van der Waals surface area contributed by atoms with Crippen molar-refractivity contribution < 1.29 is 9.26 Å². The maximum atomic E-state index is 5.65. The monoisotopic (exact) mass is 213 g/mol. The molecule has 0 spiro atoms. The van der Waals surface area contributed by atoms with Gasteiger partial charge < -0.3 is 15.0 Å². The fourth-order valence-corrected chi connectivity index (χ4v) is 1.22. The number of rotatable bonds is 5. The van der Waals surface area contributed by atoms with Gasteiger partial charge >= 0.3 is 0 Å². The van der Waals surface area contributed by atoms with Gasteiger partial charge in [-0.15, -0.1) is 0 Å². The van der Waals surface area contributed by atoms with Gasteiger partial charge in [0.1, 0.15) is 5.60 Å². The highest BCUT2D eigenvalue weighted by molar-refractivity contribution is 4.98. The Hall–Kier alpha value is -0.940. The molecule has 0 aliphatic carbocycles. The van der Waals surface area contributed by atoms with Gasteiger partial charge in [-0.05, 0) is 20.3 Å². The van der Waals surface area contributed by atoms with E-state index in [1.54, 1.807) is 7.11 Å². The SMILES string of the molecule is CCC(C)(OC)c1nc(CC(C)N)no1. The third-order valence-electron chi connectivity index (χ3n) is 2.55. The Morgan fingerprint density at radius 1 is 1.60 bits per heavy atom. The molecule has 5 heteroatoms. The molecule has 1 aromatic rings. The van der Waals surface area contributed by atoms with E-state index in [4.69, 9.17) is 15.0 Å². The highest BCUT2D eigenvalue weighted by atomic mass is 16.5. The van der Waals surface area contributed by atoms with Crippen LogP contribution in [0.3, 0.4) is 0 Å². The average Bonchev–Trinajstić information content (AvgIpc) is 2.64. The van der Waals surface area contributed by atoms with Crippen LogP contribution in [-0.2, 0) is 16.8 Å². The zero-order chi connectivity index (χ0) is 11.5. The van der Waals surface area contributed by atoms with E-state index in [9.17, 15) is 0 Å². The van der Waals surface area contributed by atoms with Crippen LogP contribution in [0.5, 0.6) is 0 Å². The van der Waals surface area contributed by atoms with Crippen LogP contribution in [0.2, 0.25) is 0 Å². The minimum absolute atomic E-state index is 0.0332. The van der Waals surface area contributed by atoms with Crippen LogP contribution in [0, 0.1) is 0 Å². The number of nitrogens with zero attached hydrogens (tertiary/aromatic N) is 2. The Morgan fingerprint density at radius 3 is 2.73 bits per heavy atom. The van der Waals surface area contributed by atoms with Crippen molar-refractivity contribution in [1.82, 2.24) is 10.1 Å². The summed E-state index contributed by atoms with van der Waals surface area (Å²) in [7, 11) is 1.64. The quantitative estimate of drug-likeness (QED) is 0.796. The van der Waals surface area contributed by atoms with E-state index < -0.39 is 5.60 Å². The number of aromatic nitrogens is 2. The van der Waals surface area contributed by atoms with Crippen molar-refractivity contribution in [2.45, 2.75) is 45.3 Å². The van der Waals surface area contributed by atoms with Crippen LogP contribution < -0.4 is 5.73 Å². The second-order valence-corrected chi connectivity index (χ2v) is 3.99. The molecule has 0 aromatic carbocycles. The van der Waals surface area contributed by atoms with Gasteiger partial charge in [-0.2, -0.15) is 4.98 Å². The van der Waals surface area contributed by atoms with Gasteiger partial charge in [0.25, 0.3) is 5.89 Å². The Kier molecular flexibility index (Phi) is 3.82. The van der Waals surface area contributed by atoms with Crippen molar-refractivity contribution in [1.29, 1.82) is 0 Å². The van der Waals surface area contributed by atoms with Gasteiger partial charge in [0.2, 0.25) is 0 Å². The molecule has 0 aliphatic heterocycles. The summed E-state index contributed by atoms with van der Waals surface area (Å²) in [5.41, 5.74) is 5.16. The van der Waals surface area contributed by atoms with Gasteiger partial charge in [0.05, 0.1) is 0 Å². The Labute approximate surface area is 90.0 Å². The van der Waals surface area contributed by atoms with Crippen LogP contribution in [0.25, 0.3) is 0 Å². The number of hydrogen-bond donors (Lipinski definition) is 1. The molecule has 0 radical (unpaired) electrons. The van der Waals surface area contributed by atoms with Crippen LogP contribution in [0.15, 0.2) is 4.52 Å². The normalized spacial score (nSPS) is 17.4. The molecule has 2 atom stereocenters. The molecule has 1 rings (SSSR count). The summed E-state index contributed by atoms with van der Waals surface area (Å²) in [6, 6.07) is 0.0332. The van der Waals surface area contributed by atoms with Gasteiger partial charge in [-0.3, -0.25) is 0 Å². The fraction of sp³-hybridized carbons (Fsp3) is 0.800. The van der Waals surface area contributed by atoms with E-state index in [2.05, 4.69) is 10.1 Å². The molecule has 0 amide bonds. The second-order valence-electron chi connectivity index (χ2n) is 3.99. The van der Waals surface area contributed by atoms with Crippen molar-refractivity contribution in [2.75, 3.05) is 7.11 Å². The Balaban J connectivity index is 2.83. The molecule has 0 fully saturated rings. The van der Waals surface area contributed by atoms with E-state index in [0.29, 0.717) is 18.1 Å². The lowest BCUT2D eigenvalue weighted by Crippen LogP contribution is -2.24. The van der Waals surface area contributed by atoms with Crippen molar-refractivity contribution in [3.05, 3.63) is 11.7 Å². The number of ether oxygens (including phenoxy) is 1. The Bertz CT molecular complexity index is 305. The van der Waals surface area contributed by atoms with Crippen molar-refractivity contribution in [2.24, 2.45) is 5.73 Å². The van der Waals surface area contributed by atoms with Gasteiger partial charge in [-0.1, -0.05) is 12.1 Å². The van der Waals surface area contributed by atoms with Crippen LogP contribution in [-0.4, -0.2) is 23.3 Å². The van der Waals surface area contributed by atoms with E-state index in [0.717, 1.165) is 6.42 Å². The van der Waals surface area contributed by atoms with Crippen molar-refractivity contribution >= 4 is 0 Å². The van der Waals surface area contributed by atoms with Crippen LogP contribution in [0.1, 0.15) is 38.9 Å². The summed E-state index contributed by atoms with van der Waals surface area (Å²) >= 11 is 0. The molecular formula is C10H19N3O2. The molecule has 5 nitrogen and oxygen atoms in total. The lowest BCUT2D eigenvalue weighted by atomic mass is 10.0. The highest BCUT2D eigenvalue weighted by Crippen LogP contribution is 2.26. The number of methoxy groups -OCH3 is 1. The first-order chi connectivity index (χ1) is 7.01. The molecule has 2 unspecified atom stereocenters. The molecule has 1 heterocycles. The molecule has 0 saturated heterocycles. The Morgan fingerprint density at radius 2 is 2.27 bits per heavy atom. The van der Waals surface area contributed by atoms with E-state index in [-0.39, 0.29) is 6.04 Å². The molecule has 86 valence electrons. The predicted octanol–water partition coefficient (Wildman–Crippen LogP) is 1.23. The summed E-state index contributed by atoms with van der Waals surface area (Å²) in [5.74, 6) is 1.15. The summed E-state index contributed by atoms with van der Waals surface area (Å²) in [5, 5.41) is 3.87. The van der Waals surface area contributed by atoms with Gasteiger partial charge in [0, 0.05) is 19.6 Å². The topological polar surface area (TPSA) is 74.2 Å². The maximum Gasteiger partial charge on any atom is 0.258 e. The zero-order valence-corrected chi connectivity index (χ0v) is 9.78. The fourth-order valence-electron chi connectivity index (χ4n) is 1.22. The largest absolute Gasteiger partial charge is 0.369 e. The van der Waals surface area contributed by atoms with Gasteiger partial charge in [-0.25, -0.2) is 0 Å². The molecule has 15 heavy (non-hydrogen) atoms. The van der Waals surface area contributed by atoms with E-state index >= 15 is 0 Å². The first kappa shape index (κ1) is 12.1. The lowest BCUT2D eigenvalue weighted by Gasteiger charge is -2.21. The average molecular weight is 213 g/mol. The van der Waals surface area contributed by atoms with E-state index in [1.807, 2.05) is 20.8 Å². The van der Waals surface area contributed by atoms with Gasteiger partial charge in [0.15, 0.2) is 5.82 Å². The molecule has 0 bridgehead atoms. The molecule has 1 aromatic heterocycles. The number of hydrogen-bond acceptors (Lipinski definition) is 5. The molecular weight excluding hydrogens is 194 g/mol. The van der Waals surface area contributed by atoms with Crippen LogP contribution >= 0.6 is 0 Å². The standard InChI is InChI=1S/C10H19N3O2/c1-5-10(3,14-4)9-12-8(13-15-9)6-7(2)11/h7H,5-6,11H2,1-4H3. The highest BCUT2D eigenvalue weighted by Gasteiger charge is 2.30. The minimum atomic E-state index is -0.497. The molecule has 2 N–H and O–H groups in total. The van der Waals surface area contributed by atoms with Crippen molar-refractivity contribution in [3.63, 3.8) is 0 Å². The van der Waals surface area contributed by atoms with Crippen molar-refractivity contribution in [3.8, 4) is 0 Å². The van der Waals surface area contributed by atoms with Crippen LogP contribution in [0.4, 0.5) is 0 Å². The minimum Gasteiger partial charge on any atom is -0.369 e. The predicted molar refractivity (Wildman–Crippen MR) is 56.3 cm³/mol. The lowest BCUT2D eigenvalue weighted by molar-refractivity contribution is -0.0272. The molecule has 0 aliphatic rings. The second kappa shape index (κ2) is 4.72. The summed E-state index contributed by atoms with van der Waals surface area (Å²) < 4.78 is 10.5. The summed E-state index contributed by atoms with van der Waals surface area (Å²) in [6.45, 7) is 5.85. The smallest absolute Gasteiger partial charge is 0.258 e. The maximum absolute atomic E-state index is 5.65. The summed E-state index contributed by atoms with van der Waals surface area (Å²) in [6.07, 6.45) is 1.40. The van der Waals surface area contributed by atoms with E-state index in [1.165, 1.54) is 0 Å². The number of nitrogens with two attached hydrogens (primary N) is 1. The summed E-state index contributed by atoms with van der Waals surface area (Å²) in [4.78, 5) is 4.28. The third kappa shape index (κ3) is 2.76.